The Kier molecular flexibility index (Phi) is 9.58. The molecule has 0 aliphatic carbocycles. The van der Waals surface area contributed by atoms with Crippen LogP contribution in [0.15, 0.2) is 40.9 Å². The van der Waals surface area contributed by atoms with Crippen molar-refractivity contribution in [2.75, 3.05) is 11.9 Å². The van der Waals surface area contributed by atoms with Crippen LogP contribution in [0.4, 0.5) is 15.4 Å². The molecule has 1 aromatic heterocycles. The van der Waals surface area contributed by atoms with E-state index in [9.17, 15) is 9.59 Å². The number of carbonyl (C=O) groups excluding carboxylic acids is 2. The SMILES string of the molecule is CC(C)(C)OC(=O)Nc1nc(Cl)c(Br)cc1OCC(Cc1ccccc1)NC(=O)OC(C)(C)C. The Bertz CT molecular complexity index is 991. The van der Waals surface area contributed by atoms with Crippen LogP contribution in [0.3, 0.4) is 0 Å². The number of nitrogens with zero attached hydrogens (tertiary/aromatic N) is 1. The fourth-order valence-corrected chi connectivity index (χ4v) is 3.20. The van der Waals surface area contributed by atoms with Gasteiger partial charge in [0.1, 0.15) is 23.0 Å². The summed E-state index contributed by atoms with van der Waals surface area (Å²) in [7, 11) is 0. The number of rotatable bonds is 7. The highest BCUT2D eigenvalue weighted by molar-refractivity contribution is 9.10. The van der Waals surface area contributed by atoms with Crippen LogP contribution in [0, 0.1) is 0 Å². The predicted octanol–water partition coefficient (Wildman–Crippen LogP) is 6.36. The van der Waals surface area contributed by atoms with Crippen LogP contribution in [-0.4, -0.2) is 41.0 Å². The number of hydrogen-bond acceptors (Lipinski definition) is 6. The topological polar surface area (TPSA) is 98.8 Å². The van der Waals surface area contributed by atoms with Crippen LogP contribution in [0.5, 0.6) is 5.75 Å². The summed E-state index contributed by atoms with van der Waals surface area (Å²) in [6.45, 7) is 10.7. The third-order valence-electron chi connectivity index (χ3n) is 4.00. The van der Waals surface area contributed by atoms with E-state index in [1.807, 2.05) is 30.3 Å². The first-order valence-corrected chi connectivity index (χ1v) is 11.9. The number of hydrogen-bond donors (Lipinski definition) is 2. The Morgan fingerprint density at radius 1 is 1.03 bits per heavy atom. The summed E-state index contributed by atoms with van der Waals surface area (Å²) in [5.74, 6) is 0.351. The van der Waals surface area contributed by atoms with E-state index in [0.717, 1.165) is 5.56 Å². The smallest absolute Gasteiger partial charge is 0.413 e. The van der Waals surface area contributed by atoms with E-state index in [0.29, 0.717) is 10.9 Å². The fraction of sp³-hybridized carbons (Fsp3) is 0.458. The van der Waals surface area contributed by atoms with Gasteiger partial charge in [-0.05, 0) is 69.5 Å². The molecule has 8 nitrogen and oxygen atoms in total. The Balaban J connectivity index is 2.20. The van der Waals surface area contributed by atoms with Crippen molar-refractivity contribution in [1.82, 2.24) is 10.3 Å². The summed E-state index contributed by atoms with van der Waals surface area (Å²) in [4.78, 5) is 28.9. The molecule has 1 aromatic carbocycles. The van der Waals surface area contributed by atoms with Gasteiger partial charge in [0.25, 0.3) is 0 Å². The third kappa shape index (κ3) is 10.2. The third-order valence-corrected chi connectivity index (χ3v) is 5.12. The number of amides is 2. The molecule has 0 aliphatic rings. The molecule has 34 heavy (non-hydrogen) atoms. The number of nitrogens with one attached hydrogen (secondary N) is 2. The molecule has 0 saturated carbocycles. The van der Waals surface area contributed by atoms with Crippen LogP contribution in [0.25, 0.3) is 0 Å². The molecule has 2 N–H and O–H groups in total. The lowest BCUT2D eigenvalue weighted by Crippen LogP contribution is -2.43. The van der Waals surface area contributed by atoms with E-state index in [1.165, 1.54) is 0 Å². The predicted molar refractivity (Wildman–Crippen MR) is 136 cm³/mol. The van der Waals surface area contributed by atoms with E-state index in [-0.39, 0.29) is 23.3 Å². The van der Waals surface area contributed by atoms with Crippen molar-refractivity contribution in [2.45, 2.75) is 65.2 Å². The zero-order valence-electron chi connectivity index (χ0n) is 20.2. The summed E-state index contributed by atoms with van der Waals surface area (Å²) in [6.07, 6.45) is -0.757. The zero-order valence-corrected chi connectivity index (χ0v) is 22.5. The first-order valence-electron chi connectivity index (χ1n) is 10.7. The standard InChI is InChI=1S/C24H31BrClN3O5/c1-23(2,3)33-21(30)27-16(12-15-10-8-7-9-11-15)14-32-18-13-17(25)19(26)28-20(18)29-22(31)34-24(4,5)6/h7-11,13,16H,12,14H2,1-6H3,(H,27,30)(H,28,29,31). The van der Waals surface area contributed by atoms with Crippen molar-refractivity contribution in [3.05, 3.63) is 51.6 Å². The van der Waals surface area contributed by atoms with Gasteiger partial charge in [0.2, 0.25) is 0 Å². The number of anilines is 1. The van der Waals surface area contributed by atoms with Gasteiger partial charge in [0, 0.05) is 6.07 Å². The number of benzene rings is 1. The average molecular weight is 557 g/mol. The Labute approximate surface area is 213 Å². The van der Waals surface area contributed by atoms with Crippen molar-refractivity contribution in [3.8, 4) is 5.75 Å². The van der Waals surface area contributed by atoms with E-state index in [1.54, 1.807) is 47.6 Å². The summed E-state index contributed by atoms with van der Waals surface area (Å²) in [5, 5.41) is 5.56. The van der Waals surface area contributed by atoms with Crippen LogP contribution >= 0.6 is 27.5 Å². The molecule has 10 heteroatoms. The van der Waals surface area contributed by atoms with E-state index in [2.05, 4.69) is 31.5 Å². The van der Waals surface area contributed by atoms with E-state index >= 15 is 0 Å². The lowest BCUT2D eigenvalue weighted by atomic mass is 10.1. The average Bonchev–Trinajstić information content (AvgIpc) is 2.67. The lowest BCUT2D eigenvalue weighted by molar-refractivity contribution is 0.0487. The minimum Gasteiger partial charge on any atom is -0.487 e. The molecular weight excluding hydrogens is 526 g/mol. The fourth-order valence-electron chi connectivity index (χ4n) is 2.76. The molecule has 0 aliphatic heterocycles. The van der Waals surface area contributed by atoms with Gasteiger partial charge in [-0.15, -0.1) is 0 Å². The molecule has 1 heterocycles. The Morgan fingerprint density at radius 2 is 1.62 bits per heavy atom. The van der Waals surface area contributed by atoms with Crippen LogP contribution in [-0.2, 0) is 15.9 Å². The molecule has 2 rings (SSSR count). The molecule has 0 spiro atoms. The molecule has 0 radical (unpaired) electrons. The number of halogens is 2. The second kappa shape index (κ2) is 11.8. The Morgan fingerprint density at radius 3 is 2.21 bits per heavy atom. The van der Waals surface area contributed by atoms with Gasteiger partial charge in [-0.3, -0.25) is 5.32 Å². The van der Waals surface area contributed by atoms with Crippen molar-refractivity contribution in [1.29, 1.82) is 0 Å². The first-order chi connectivity index (χ1) is 15.7. The van der Waals surface area contributed by atoms with Gasteiger partial charge in [-0.2, -0.15) is 0 Å². The number of ether oxygens (including phenoxy) is 3. The Hall–Kier alpha value is -2.52. The summed E-state index contributed by atoms with van der Waals surface area (Å²) >= 11 is 9.44. The van der Waals surface area contributed by atoms with Gasteiger partial charge in [-0.1, -0.05) is 41.9 Å². The number of pyridine rings is 1. The van der Waals surface area contributed by atoms with E-state index in [4.69, 9.17) is 25.8 Å². The molecule has 1 unspecified atom stereocenters. The number of alkyl carbamates (subject to hydrolysis) is 1. The molecule has 1 atom stereocenters. The highest BCUT2D eigenvalue weighted by atomic mass is 79.9. The van der Waals surface area contributed by atoms with Crippen molar-refractivity contribution in [2.24, 2.45) is 0 Å². The minimum absolute atomic E-state index is 0.0763. The lowest BCUT2D eigenvalue weighted by Gasteiger charge is -2.24. The second-order valence-electron chi connectivity index (χ2n) is 9.58. The zero-order chi connectivity index (χ0) is 25.5. The quantitative estimate of drug-likeness (QED) is 0.385. The second-order valence-corrected chi connectivity index (χ2v) is 10.8. The molecule has 2 aromatic rings. The molecule has 0 bridgehead atoms. The van der Waals surface area contributed by atoms with Crippen molar-refractivity contribution < 1.29 is 23.8 Å². The maximum atomic E-state index is 12.4. The van der Waals surface area contributed by atoms with Crippen LogP contribution in [0.1, 0.15) is 47.1 Å². The van der Waals surface area contributed by atoms with Gasteiger partial charge in [0.05, 0.1) is 10.5 Å². The van der Waals surface area contributed by atoms with Gasteiger partial charge in [-0.25, -0.2) is 14.6 Å². The monoisotopic (exact) mass is 555 g/mol. The molecule has 2 amide bonds. The largest absolute Gasteiger partial charge is 0.487 e. The molecular formula is C24H31BrClN3O5. The maximum Gasteiger partial charge on any atom is 0.413 e. The van der Waals surface area contributed by atoms with Crippen LogP contribution < -0.4 is 15.4 Å². The molecule has 186 valence electrons. The van der Waals surface area contributed by atoms with E-state index < -0.39 is 29.4 Å². The van der Waals surface area contributed by atoms with Gasteiger partial charge in [0.15, 0.2) is 11.6 Å². The van der Waals surface area contributed by atoms with Crippen molar-refractivity contribution >= 4 is 45.5 Å². The van der Waals surface area contributed by atoms with Crippen LogP contribution in [0.2, 0.25) is 5.15 Å². The first kappa shape index (κ1) is 27.7. The number of aromatic nitrogens is 1. The minimum atomic E-state index is -0.698. The summed E-state index contributed by atoms with van der Waals surface area (Å²) in [5.41, 5.74) is -0.324. The highest BCUT2D eigenvalue weighted by Crippen LogP contribution is 2.32. The molecule has 0 saturated heterocycles. The normalized spacial score (nSPS) is 12.5. The summed E-state index contributed by atoms with van der Waals surface area (Å²) in [6, 6.07) is 10.8. The van der Waals surface area contributed by atoms with Gasteiger partial charge >= 0.3 is 12.2 Å². The molecule has 0 fully saturated rings. The highest BCUT2D eigenvalue weighted by Gasteiger charge is 2.23. The number of carbonyl (C=O) groups is 2. The maximum absolute atomic E-state index is 12.4. The van der Waals surface area contributed by atoms with Crippen molar-refractivity contribution in [3.63, 3.8) is 0 Å². The summed E-state index contributed by atoms with van der Waals surface area (Å²) < 4.78 is 17.2. The van der Waals surface area contributed by atoms with Gasteiger partial charge < -0.3 is 19.5 Å².